The summed E-state index contributed by atoms with van der Waals surface area (Å²) in [4.78, 5) is 19.7. The lowest BCUT2D eigenvalue weighted by Gasteiger charge is -2.14. The molecule has 144 valence electrons. The van der Waals surface area contributed by atoms with Crippen molar-refractivity contribution in [1.82, 2.24) is 15.3 Å². The molecule has 2 aromatic heterocycles. The molecule has 6 heteroatoms. The molecule has 1 fully saturated rings. The van der Waals surface area contributed by atoms with Crippen LogP contribution in [0.3, 0.4) is 0 Å². The monoisotopic (exact) mass is 377 g/mol. The molecule has 0 unspecified atom stereocenters. The van der Waals surface area contributed by atoms with E-state index in [0.717, 1.165) is 48.1 Å². The van der Waals surface area contributed by atoms with E-state index in [1.165, 1.54) is 0 Å². The fourth-order valence-corrected chi connectivity index (χ4v) is 3.59. The number of aromatic amines is 1. The maximum absolute atomic E-state index is 12.2. The molecule has 6 nitrogen and oxygen atoms in total. The number of rotatable bonds is 5. The Morgan fingerprint density at radius 3 is 2.71 bits per heavy atom. The van der Waals surface area contributed by atoms with Crippen molar-refractivity contribution in [2.75, 3.05) is 7.11 Å². The molecule has 4 rings (SSSR count). The van der Waals surface area contributed by atoms with Gasteiger partial charge < -0.3 is 19.8 Å². The predicted octanol–water partition coefficient (Wildman–Crippen LogP) is 4.78. The second-order valence-corrected chi connectivity index (χ2v) is 6.92. The Hall–Kier alpha value is -3.28. The van der Waals surface area contributed by atoms with Gasteiger partial charge in [-0.05, 0) is 49.2 Å². The summed E-state index contributed by atoms with van der Waals surface area (Å²) in [5.41, 5.74) is 3.65. The maximum atomic E-state index is 12.2. The number of carbonyl (C=O) groups excluding carboxylic acids is 1. The van der Waals surface area contributed by atoms with Crippen molar-refractivity contribution in [3.63, 3.8) is 0 Å². The van der Waals surface area contributed by atoms with Crippen LogP contribution in [-0.4, -0.2) is 29.2 Å². The number of methoxy groups -OCH3 is 1. The second kappa shape index (κ2) is 8.17. The van der Waals surface area contributed by atoms with Crippen LogP contribution < -0.4 is 14.8 Å². The number of aromatic nitrogens is 2. The summed E-state index contributed by atoms with van der Waals surface area (Å²) in [6, 6.07) is 11.5. The normalized spacial score (nSPS) is 14.0. The van der Waals surface area contributed by atoms with Crippen molar-refractivity contribution < 1.29 is 14.3 Å². The number of nitrogens with one attached hydrogen (secondary N) is 2. The third kappa shape index (κ3) is 4.01. The van der Waals surface area contributed by atoms with E-state index in [1.54, 1.807) is 31.6 Å². The maximum Gasteiger partial charge on any atom is 0.412 e. The fourth-order valence-electron chi connectivity index (χ4n) is 3.59. The van der Waals surface area contributed by atoms with Crippen molar-refractivity contribution in [3.8, 4) is 33.9 Å². The van der Waals surface area contributed by atoms with Gasteiger partial charge >= 0.3 is 6.09 Å². The quantitative estimate of drug-likeness (QED) is 0.671. The van der Waals surface area contributed by atoms with Crippen molar-refractivity contribution in [2.24, 2.45) is 0 Å². The molecule has 2 N–H and O–H groups in total. The molecule has 0 aliphatic heterocycles. The highest BCUT2D eigenvalue weighted by molar-refractivity contribution is 5.77. The van der Waals surface area contributed by atoms with E-state index in [9.17, 15) is 4.79 Å². The van der Waals surface area contributed by atoms with Gasteiger partial charge in [0.15, 0.2) is 0 Å². The number of ether oxygens (including phenoxy) is 2. The standard InChI is InChI=1S/C22H23N3O3/c1-27-21-9-8-18(28-22(26)25-17-5-2-3-6-17)12-19(21)15-11-16(14-23-13-15)20-7-4-10-24-20/h4,7-14,17,24H,2-3,5-6H2,1H3,(H,25,26). The Kier molecular flexibility index (Phi) is 5.28. The van der Waals surface area contributed by atoms with E-state index in [-0.39, 0.29) is 6.04 Å². The lowest BCUT2D eigenvalue weighted by molar-refractivity contribution is 0.196. The van der Waals surface area contributed by atoms with E-state index < -0.39 is 6.09 Å². The number of H-pyrrole nitrogens is 1. The molecule has 0 radical (unpaired) electrons. The molecule has 0 spiro atoms. The molecule has 1 aromatic carbocycles. The Balaban J connectivity index is 1.58. The molecule has 3 aromatic rings. The van der Waals surface area contributed by atoms with Crippen LogP contribution in [-0.2, 0) is 0 Å². The molecule has 1 aliphatic rings. The van der Waals surface area contributed by atoms with Gasteiger partial charge in [-0.3, -0.25) is 4.98 Å². The zero-order chi connectivity index (χ0) is 19.3. The molecule has 28 heavy (non-hydrogen) atoms. The van der Waals surface area contributed by atoms with Crippen LogP contribution in [0.15, 0.2) is 55.0 Å². The van der Waals surface area contributed by atoms with Gasteiger partial charge in [0.2, 0.25) is 0 Å². The summed E-state index contributed by atoms with van der Waals surface area (Å²) in [5.74, 6) is 1.16. The number of nitrogens with zero attached hydrogens (tertiary/aromatic N) is 1. The molecule has 1 aliphatic carbocycles. The Bertz CT molecular complexity index is 947. The first-order valence-corrected chi connectivity index (χ1v) is 9.48. The van der Waals surface area contributed by atoms with Crippen molar-refractivity contribution in [1.29, 1.82) is 0 Å². The topological polar surface area (TPSA) is 76.2 Å². The smallest absolute Gasteiger partial charge is 0.412 e. The summed E-state index contributed by atoms with van der Waals surface area (Å²) >= 11 is 0. The molecular formula is C22H23N3O3. The van der Waals surface area contributed by atoms with Crippen LogP contribution >= 0.6 is 0 Å². The Morgan fingerprint density at radius 2 is 1.96 bits per heavy atom. The third-order valence-corrected chi connectivity index (χ3v) is 5.02. The van der Waals surface area contributed by atoms with E-state index in [1.807, 2.05) is 30.5 Å². The second-order valence-electron chi connectivity index (χ2n) is 6.92. The Morgan fingerprint density at radius 1 is 1.14 bits per heavy atom. The zero-order valence-corrected chi connectivity index (χ0v) is 15.8. The summed E-state index contributed by atoms with van der Waals surface area (Å²) < 4.78 is 11.0. The van der Waals surface area contributed by atoms with Gasteiger partial charge in [0.25, 0.3) is 0 Å². The summed E-state index contributed by atoms with van der Waals surface area (Å²) in [6.45, 7) is 0. The van der Waals surface area contributed by atoms with Crippen molar-refractivity contribution in [3.05, 3.63) is 55.0 Å². The van der Waals surface area contributed by atoms with E-state index in [0.29, 0.717) is 11.5 Å². The zero-order valence-electron chi connectivity index (χ0n) is 15.8. The minimum atomic E-state index is -0.415. The van der Waals surface area contributed by atoms with Gasteiger partial charge in [0.05, 0.1) is 7.11 Å². The summed E-state index contributed by atoms with van der Waals surface area (Å²) in [5, 5.41) is 2.93. The van der Waals surface area contributed by atoms with Crippen LogP contribution in [0, 0.1) is 0 Å². The van der Waals surface area contributed by atoms with Crippen LogP contribution in [0.1, 0.15) is 25.7 Å². The third-order valence-electron chi connectivity index (χ3n) is 5.02. The molecule has 0 saturated heterocycles. The van der Waals surface area contributed by atoms with Crippen LogP contribution in [0.4, 0.5) is 4.79 Å². The van der Waals surface area contributed by atoms with Gasteiger partial charge in [-0.2, -0.15) is 0 Å². The SMILES string of the molecule is COc1ccc(OC(=O)NC2CCCC2)cc1-c1cncc(-c2ccc[nH]2)c1. The van der Waals surface area contributed by atoms with Crippen LogP contribution in [0.2, 0.25) is 0 Å². The number of hydrogen-bond acceptors (Lipinski definition) is 4. The minimum absolute atomic E-state index is 0.215. The molecule has 2 heterocycles. The summed E-state index contributed by atoms with van der Waals surface area (Å²) in [7, 11) is 1.62. The average molecular weight is 377 g/mol. The highest BCUT2D eigenvalue weighted by Gasteiger charge is 2.18. The highest BCUT2D eigenvalue weighted by Crippen LogP contribution is 2.34. The van der Waals surface area contributed by atoms with Gasteiger partial charge in [-0.15, -0.1) is 0 Å². The number of pyridine rings is 1. The molecule has 1 saturated carbocycles. The van der Waals surface area contributed by atoms with Gasteiger partial charge in [-0.25, -0.2) is 4.79 Å². The van der Waals surface area contributed by atoms with Crippen molar-refractivity contribution >= 4 is 6.09 Å². The minimum Gasteiger partial charge on any atom is -0.496 e. The molecule has 1 amide bonds. The van der Waals surface area contributed by atoms with Gasteiger partial charge in [-0.1, -0.05) is 12.8 Å². The number of carbonyl (C=O) groups is 1. The van der Waals surface area contributed by atoms with Crippen LogP contribution in [0.25, 0.3) is 22.4 Å². The number of hydrogen-bond donors (Lipinski definition) is 2. The van der Waals surface area contributed by atoms with E-state index in [2.05, 4.69) is 15.3 Å². The molecule has 0 bridgehead atoms. The first-order chi connectivity index (χ1) is 13.7. The lowest BCUT2D eigenvalue weighted by atomic mass is 10.0. The highest BCUT2D eigenvalue weighted by atomic mass is 16.6. The fraction of sp³-hybridized carbons (Fsp3) is 0.273. The average Bonchev–Trinajstić information content (AvgIpc) is 3.42. The molecular weight excluding hydrogens is 354 g/mol. The van der Waals surface area contributed by atoms with Crippen molar-refractivity contribution in [2.45, 2.75) is 31.7 Å². The first-order valence-electron chi connectivity index (χ1n) is 9.48. The Labute approximate surface area is 163 Å². The largest absolute Gasteiger partial charge is 0.496 e. The van der Waals surface area contributed by atoms with Gasteiger partial charge in [0.1, 0.15) is 11.5 Å². The van der Waals surface area contributed by atoms with E-state index >= 15 is 0 Å². The van der Waals surface area contributed by atoms with Gasteiger partial charge in [0, 0.05) is 47.0 Å². The van der Waals surface area contributed by atoms with E-state index in [4.69, 9.17) is 9.47 Å². The molecule has 0 atom stereocenters. The predicted molar refractivity (Wildman–Crippen MR) is 107 cm³/mol. The van der Waals surface area contributed by atoms with Crippen LogP contribution in [0.5, 0.6) is 11.5 Å². The lowest BCUT2D eigenvalue weighted by Crippen LogP contribution is -2.34. The first kappa shape index (κ1) is 18.1. The number of amides is 1. The number of benzene rings is 1. The summed E-state index contributed by atoms with van der Waals surface area (Å²) in [6.07, 6.45) is 9.37.